The van der Waals surface area contributed by atoms with Crippen molar-refractivity contribution in [3.8, 4) is 28.5 Å². The molecule has 0 aliphatic heterocycles. The maximum Gasteiger partial charge on any atom is 0.416 e. The second-order valence-corrected chi connectivity index (χ2v) is 8.55. The van der Waals surface area contributed by atoms with Crippen molar-refractivity contribution in [1.82, 2.24) is 19.5 Å². The zero-order valence-corrected chi connectivity index (χ0v) is 19.9. The molecular formula is C28H23F3N4O2. The molecule has 0 amide bonds. The van der Waals surface area contributed by atoms with Gasteiger partial charge in [0.2, 0.25) is 0 Å². The number of hydrogen-bond acceptors (Lipinski definition) is 4. The molecule has 0 saturated heterocycles. The molecule has 5 aromatic rings. The van der Waals surface area contributed by atoms with Crippen molar-refractivity contribution in [3.05, 3.63) is 100 Å². The highest BCUT2D eigenvalue weighted by molar-refractivity contribution is 5.78. The van der Waals surface area contributed by atoms with Crippen molar-refractivity contribution >= 4 is 11.2 Å². The number of rotatable bonds is 7. The summed E-state index contributed by atoms with van der Waals surface area (Å²) in [5.41, 5.74) is 1.13. The highest BCUT2D eigenvalue weighted by Crippen LogP contribution is 2.32. The van der Waals surface area contributed by atoms with Crippen LogP contribution in [0.2, 0.25) is 0 Å². The Labute approximate surface area is 210 Å². The summed E-state index contributed by atoms with van der Waals surface area (Å²) < 4.78 is 47.4. The quantitative estimate of drug-likeness (QED) is 0.276. The molecule has 9 heteroatoms. The van der Waals surface area contributed by atoms with E-state index in [1.807, 2.05) is 61.5 Å². The number of hydrogen-bond donors (Lipinski definition) is 1. The lowest BCUT2D eigenvalue weighted by atomic mass is 10.1. The largest absolute Gasteiger partial charge is 0.489 e. The Balaban J connectivity index is 1.50. The van der Waals surface area contributed by atoms with E-state index in [-0.39, 0.29) is 16.9 Å². The first-order chi connectivity index (χ1) is 17.8. The van der Waals surface area contributed by atoms with Crippen molar-refractivity contribution in [3.63, 3.8) is 0 Å². The van der Waals surface area contributed by atoms with E-state index in [9.17, 15) is 18.0 Å². The van der Waals surface area contributed by atoms with Crippen LogP contribution < -0.4 is 10.3 Å². The summed E-state index contributed by atoms with van der Waals surface area (Å²) in [7, 11) is 0. The van der Waals surface area contributed by atoms with Gasteiger partial charge in [0.05, 0.1) is 5.56 Å². The van der Waals surface area contributed by atoms with Crippen LogP contribution in [0.1, 0.15) is 24.5 Å². The number of alkyl halides is 3. The fourth-order valence-electron chi connectivity index (χ4n) is 4.10. The molecule has 3 aromatic carbocycles. The summed E-state index contributed by atoms with van der Waals surface area (Å²) in [6.07, 6.45) is -3.84. The number of benzene rings is 3. The first-order valence-corrected chi connectivity index (χ1v) is 11.8. The minimum Gasteiger partial charge on any atom is -0.489 e. The van der Waals surface area contributed by atoms with Crippen molar-refractivity contribution in [1.29, 1.82) is 0 Å². The second-order valence-electron chi connectivity index (χ2n) is 8.55. The van der Waals surface area contributed by atoms with E-state index in [1.165, 1.54) is 12.1 Å². The van der Waals surface area contributed by atoms with Gasteiger partial charge in [-0.05, 0) is 48.4 Å². The van der Waals surface area contributed by atoms with Crippen molar-refractivity contribution in [2.24, 2.45) is 0 Å². The van der Waals surface area contributed by atoms with Crippen molar-refractivity contribution in [2.75, 3.05) is 0 Å². The van der Waals surface area contributed by atoms with Gasteiger partial charge in [0, 0.05) is 17.7 Å². The third kappa shape index (κ3) is 5.11. The van der Waals surface area contributed by atoms with Crippen LogP contribution in [0.5, 0.6) is 5.75 Å². The Bertz CT molecular complexity index is 1590. The number of imidazole rings is 1. The van der Waals surface area contributed by atoms with E-state index in [4.69, 9.17) is 4.74 Å². The maximum atomic E-state index is 13.3. The van der Waals surface area contributed by atoms with Crippen LogP contribution in [-0.2, 0) is 19.3 Å². The molecule has 188 valence electrons. The van der Waals surface area contributed by atoms with Crippen molar-refractivity contribution in [2.45, 2.75) is 32.7 Å². The standard InChI is InChI=1S/C28H23F3N4O2/c1-2-15-35-25(20-9-6-10-21(16-20)28(29,30)31)34-27(36)23-26(35)33-24(32-23)19-11-13-22(14-12-19)37-17-18-7-4-3-5-8-18/h3-14,16H,2,15,17H2,1H3,(H,32,33). The van der Waals surface area contributed by atoms with E-state index in [0.717, 1.165) is 23.3 Å². The van der Waals surface area contributed by atoms with E-state index >= 15 is 0 Å². The van der Waals surface area contributed by atoms with Gasteiger partial charge in [-0.1, -0.05) is 49.4 Å². The van der Waals surface area contributed by atoms with Gasteiger partial charge >= 0.3 is 6.18 Å². The first-order valence-electron chi connectivity index (χ1n) is 11.8. The molecule has 0 radical (unpaired) electrons. The smallest absolute Gasteiger partial charge is 0.416 e. The lowest BCUT2D eigenvalue weighted by molar-refractivity contribution is -0.137. The predicted molar refractivity (Wildman–Crippen MR) is 135 cm³/mol. The summed E-state index contributed by atoms with van der Waals surface area (Å²) in [4.78, 5) is 24.7. The van der Waals surface area contributed by atoms with Gasteiger partial charge in [-0.15, -0.1) is 0 Å². The number of aromatic nitrogens is 4. The van der Waals surface area contributed by atoms with E-state index in [0.29, 0.717) is 36.8 Å². The number of ether oxygens (including phenoxy) is 1. The van der Waals surface area contributed by atoms with Gasteiger partial charge < -0.3 is 14.3 Å². The molecule has 37 heavy (non-hydrogen) atoms. The van der Waals surface area contributed by atoms with Gasteiger partial charge in [-0.3, -0.25) is 4.79 Å². The minimum atomic E-state index is -4.51. The molecule has 0 aliphatic rings. The predicted octanol–water partition coefficient (Wildman–Crippen LogP) is 6.46. The summed E-state index contributed by atoms with van der Waals surface area (Å²) in [6, 6.07) is 21.9. The summed E-state index contributed by atoms with van der Waals surface area (Å²) in [5.74, 6) is 1.28. The topological polar surface area (TPSA) is 72.8 Å². The molecule has 0 bridgehead atoms. The minimum absolute atomic E-state index is 0.146. The molecule has 2 heterocycles. The molecule has 5 rings (SSSR count). The van der Waals surface area contributed by atoms with Gasteiger partial charge in [0.1, 0.15) is 24.0 Å². The lowest BCUT2D eigenvalue weighted by Crippen LogP contribution is -2.17. The summed E-state index contributed by atoms with van der Waals surface area (Å²) in [5, 5.41) is 0. The van der Waals surface area contributed by atoms with E-state index < -0.39 is 17.3 Å². The highest BCUT2D eigenvalue weighted by atomic mass is 19.4. The molecule has 0 saturated carbocycles. The lowest BCUT2D eigenvalue weighted by Gasteiger charge is -2.14. The number of nitrogens with one attached hydrogen (secondary N) is 1. The van der Waals surface area contributed by atoms with Crippen LogP contribution in [0.25, 0.3) is 33.9 Å². The highest BCUT2D eigenvalue weighted by Gasteiger charge is 2.31. The molecule has 6 nitrogen and oxygen atoms in total. The Morgan fingerprint density at radius 3 is 2.38 bits per heavy atom. The van der Waals surface area contributed by atoms with Crippen LogP contribution in [0.3, 0.4) is 0 Å². The van der Waals surface area contributed by atoms with Crippen LogP contribution >= 0.6 is 0 Å². The Morgan fingerprint density at radius 1 is 0.919 bits per heavy atom. The van der Waals surface area contributed by atoms with E-state index in [2.05, 4.69) is 15.0 Å². The van der Waals surface area contributed by atoms with Gasteiger partial charge in [-0.25, -0.2) is 4.98 Å². The van der Waals surface area contributed by atoms with Gasteiger partial charge in [-0.2, -0.15) is 18.2 Å². The fourth-order valence-corrected chi connectivity index (χ4v) is 4.10. The third-order valence-electron chi connectivity index (χ3n) is 5.89. The zero-order valence-electron chi connectivity index (χ0n) is 19.9. The molecule has 0 atom stereocenters. The Kier molecular flexibility index (Phi) is 6.52. The number of aryl methyl sites for hydroxylation is 1. The number of fused-ring (bicyclic) bond motifs is 1. The number of H-pyrrole nitrogens is 1. The van der Waals surface area contributed by atoms with Crippen molar-refractivity contribution < 1.29 is 17.9 Å². The maximum absolute atomic E-state index is 13.3. The third-order valence-corrected chi connectivity index (χ3v) is 5.89. The Morgan fingerprint density at radius 2 is 1.68 bits per heavy atom. The first kappa shape index (κ1) is 24.3. The molecule has 1 N–H and O–H groups in total. The van der Waals surface area contributed by atoms with Gasteiger partial charge in [0.15, 0.2) is 11.2 Å². The monoisotopic (exact) mass is 504 g/mol. The molecule has 0 unspecified atom stereocenters. The summed E-state index contributed by atoms with van der Waals surface area (Å²) in [6.45, 7) is 2.79. The summed E-state index contributed by atoms with van der Waals surface area (Å²) >= 11 is 0. The average molecular weight is 505 g/mol. The fraction of sp³-hybridized carbons (Fsp3) is 0.179. The number of aromatic amines is 1. The number of nitrogens with zero attached hydrogens (tertiary/aromatic N) is 3. The average Bonchev–Trinajstić information content (AvgIpc) is 3.36. The van der Waals surface area contributed by atoms with Gasteiger partial charge in [0.25, 0.3) is 5.56 Å². The Hall–Kier alpha value is -4.40. The van der Waals surface area contributed by atoms with Crippen LogP contribution in [0.15, 0.2) is 83.7 Å². The zero-order chi connectivity index (χ0) is 26.0. The normalized spacial score (nSPS) is 11.7. The van der Waals surface area contributed by atoms with Crippen LogP contribution in [0.4, 0.5) is 13.2 Å². The van der Waals surface area contributed by atoms with Crippen LogP contribution in [0, 0.1) is 0 Å². The van der Waals surface area contributed by atoms with E-state index in [1.54, 1.807) is 4.57 Å². The molecule has 0 fully saturated rings. The van der Waals surface area contributed by atoms with Crippen LogP contribution in [-0.4, -0.2) is 19.5 Å². The number of halogens is 3. The molecule has 2 aromatic heterocycles. The molecule has 0 aliphatic carbocycles. The second kappa shape index (κ2) is 9.93. The molecule has 0 spiro atoms. The SMILES string of the molecule is CCCn1c(-c2cccc(C(F)(F)F)c2)nc(=O)c2[nH]c(-c3ccc(OCc4ccccc4)cc3)nc21. The molecular weight excluding hydrogens is 481 g/mol.